The van der Waals surface area contributed by atoms with Gasteiger partial charge in [-0.1, -0.05) is 74.0 Å². The van der Waals surface area contributed by atoms with Crippen molar-refractivity contribution in [3.8, 4) is 0 Å². The Kier molecular flexibility index (Phi) is 10.5. The molecule has 9 heteroatoms. The van der Waals surface area contributed by atoms with Crippen LogP contribution in [0.4, 0.5) is 5.69 Å². The van der Waals surface area contributed by atoms with Gasteiger partial charge in [0.2, 0.25) is 11.8 Å². The van der Waals surface area contributed by atoms with E-state index < -0.39 is 28.5 Å². The number of halogens is 1. The Labute approximate surface area is 236 Å². The molecule has 2 atom stereocenters. The van der Waals surface area contributed by atoms with E-state index in [1.807, 2.05) is 57.2 Å². The van der Waals surface area contributed by atoms with E-state index in [4.69, 9.17) is 11.6 Å². The molecule has 0 spiro atoms. The molecule has 0 aromatic heterocycles. The van der Waals surface area contributed by atoms with E-state index in [1.165, 1.54) is 29.2 Å². The van der Waals surface area contributed by atoms with Gasteiger partial charge in [-0.2, -0.15) is 0 Å². The highest BCUT2D eigenvalue weighted by Gasteiger charge is 2.34. The molecule has 0 bridgehead atoms. The number of anilines is 1. The Morgan fingerprint density at radius 1 is 0.897 bits per heavy atom. The van der Waals surface area contributed by atoms with Crippen LogP contribution >= 0.6 is 11.6 Å². The van der Waals surface area contributed by atoms with Gasteiger partial charge in [-0.3, -0.25) is 13.9 Å². The average molecular weight is 570 g/mol. The van der Waals surface area contributed by atoms with Crippen LogP contribution in [0.2, 0.25) is 5.02 Å². The first-order valence-corrected chi connectivity index (χ1v) is 14.9. The first-order chi connectivity index (χ1) is 18.6. The van der Waals surface area contributed by atoms with Crippen LogP contribution in [0.1, 0.15) is 44.7 Å². The number of amides is 2. The van der Waals surface area contributed by atoms with E-state index in [0.717, 1.165) is 16.3 Å². The first kappa shape index (κ1) is 30.2. The maximum atomic E-state index is 14.1. The molecule has 0 unspecified atom stereocenters. The number of carbonyl (C=O) groups is 2. The van der Waals surface area contributed by atoms with Crippen molar-refractivity contribution in [3.63, 3.8) is 0 Å². The van der Waals surface area contributed by atoms with Crippen LogP contribution in [-0.4, -0.2) is 43.8 Å². The molecular formula is C30H36ClN3O4S. The Morgan fingerprint density at radius 3 is 2.10 bits per heavy atom. The van der Waals surface area contributed by atoms with Crippen LogP contribution in [0.25, 0.3) is 0 Å². The van der Waals surface area contributed by atoms with Crippen LogP contribution in [0, 0.1) is 6.92 Å². The number of carbonyl (C=O) groups excluding carboxylic acids is 2. The molecule has 0 heterocycles. The van der Waals surface area contributed by atoms with Crippen molar-refractivity contribution in [1.29, 1.82) is 0 Å². The molecule has 7 nitrogen and oxygen atoms in total. The molecule has 0 fully saturated rings. The Bertz CT molecular complexity index is 1360. The number of hydrogen-bond donors (Lipinski definition) is 1. The van der Waals surface area contributed by atoms with Crippen molar-refractivity contribution in [1.82, 2.24) is 10.2 Å². The molecule has 0 saturated heterocycles. The summed E-state index contributed by atoms with van der Waals surface area (Å²) >= 11 is 6.01. The van der Waals surface area contributed by atoms with Gasteiger partial charge in [0.15, 0.2) is 0 Å². The van der Waals surface area contributed by atoms with Crippen LogP contribution in [0.3, 0.4) is 0 Å². The third kappa shape index (κ3) is 7.61. The highest BCUT2D eigenvalue weighted by molar-refractivity contribution is 7.92. The van der Waals surface area contributed by atoms with E-state index in [9.17, 15) is 18.0 Å². The minimum Gasteiger partial charge on any atom is -0.352 e. The number of aryl methyl sites for hydroxylation is 1. The molecule has 2 amide bonds. The highest BCUT2D eigenvalue weighted by Crippen LogP contribution is 2.28. The molecule has 3 aromatic rings. The molecule has 0 aliphatic carbocycles. The monoisotopic (exact) mass is 569 g/mol. The molecular weight excluding hydrogens is 534 g/mol. The summed E-state index contributed by atoms with van der Waals surface area (Å²) in [4.78, 5) is 28.8. The number of para-hydroxylation sites is 1. The number of benzene rings is 3. The van der Waals surface area contributed by atoms with E-state index in [1.54, 1.807) is 25.1 Å². The van der Waals surface area contributed by atoms with E-state index >= 15 is 0 Å². The summed E-state index contributed by atoms with van der Waals surface area (Å²) in [5, 5.41) is 3.38. The van der Waals surface area contributed by atoms with Crippen molar-refractivity contribution in [3.05, 3.63) is 95.0 Å². The molecule has 0 saturated carbocycles. The van der Waals surface area contributed by atoms with Crippen molar-refractivity contribution in [2.45, 2.75) is 64.1 Å². The lowest BCUT2D eigenvalue weighted by Gasteiger charge is -2.34. The molecule has 0 aliphatic rings. The maximum Gasteiger partial charge on any atom is 0.264 e. The molecule has 3 rings (SSSR count). The minimum absolute atomic E-state index is 0.0131. The quantitative estimate of drug-likeness (QED) is 0.309. The van der Waals surface area contributed by atoms with Gasteiger partial charge in [-0.05, 0) is 68.1 Å². The number of hydrogen-bond acceptors (Lipinski definition) is 4. The Morgan fingerprint density at radius 2 is 1.51 bits per heavy atom. The highest BCUT2D eigenvalue weighted by atomic mass is 35.5. The average Bonchev–Trinajstić information content (AvgIpc) is 2.92. The molecule has 0 radical (unpaired) electrons. The summed E-state index contributed by atoms with van der Waals surface area (Å²) < 4.78 is 28.9. The molecule has 1 N–H and O–H groups in total. The zero-order chi connectivity index (χ0) is 28.6. The van der Waals surface area contributed by atoms with Gasteiger partial charge in [0.05, 0.1) is 10.6 Å². The van der Waals surface area contributed by atoms with E-state index in [-0.39, 0.29) is 23.4 Å². The van der Waals surface area contributed by atoms with Crippen LogP contribution in [0.5, 0.6) is 0 Å². The second-order valence-electron chi connectivity index (χ2n) is 9.50. The lowest BCUT2D eigenvalue weighted by Crippen LogP contribution is -2.53. The molecule has 0 aliphatic heterocycles. The predicted octanol–water partition coefficient (Wildman–Crippen LogP) is 5.57. The summed E-state index contributed by atoms with van der Waals surface area (Å²) in [5.41, 5.74) is 1.92. The third-order valence-electron chi connectivity index (χ3n) is 6.65. The van der Waals surface area contributed by atoms with E-state index in [2.05, 4.69) is 5.32 Å². The number of nitrogens with zero attached hydrogens (tertiary/aromatic N) is 2. The second kappa shape index (κ2) is 13.6. The smallest absolute Gasteiger partial charge is 0.264 e. The van der Waals surface area contributed by atoms with Gasteiger partial charge < -0.3 is 10.2 Å². The van der Waals surface area contributed by atoms with Crippen LogP contribution < -0.4 is 9.62 Å². The number of nitrogens with one attached hydrogen (secondary N) is 1. The molecule has 208 valence electrons. The summed E-state index contributed by atoms with van der Waals surface area (Å²) in [6.45, 7) is 7.20. The number of rotatable bonds is 12. The van der Waals surface area contributed by atoms with Crippen LogP contribution in [-0.2, 0) is 26.2 Å². The minimum atomic E-state index is -4.14. The van der Waals surface area contributed by atoms with Crippen molar-refractivity contribution >= 4 is 39.1 Å². The summed E-state index contributed by atoms with van der Waals surface area (Å²) in [7, 11) is -4.14. The molecule has 39 heavy (non-hydrogen) atoms. The summed E-state index contributed by atoms with van der Waals surface area (Å²) in [5.74, 6) is -0.745. The largest absolute Gasteiger partial charge is 0.352 e. The zero-order valence-corrected chi connectivity index (χ0v) is 24.4. The van der Waals surface area contributed by atoms with Crippen molar-refractivity contribution in [2.75, 3.05) is 10.8 Å². The second-order valence-corrected chi connectivity index (χ2v) is 11.8. The van der Waals surface area contributed by atoms with E-state index in [0.29, 0.717) is 22.7 Å². The normalized spacial score (nSPS) is 12.8. The topological polar surface area (TPSA) is 86.8 Å². The fraction of sp³-hybridized carbons (Fsp3) is 0.333. The third-order valence-corrected chi connectivity index (χ3v) is 8.67. The standard InChI is InChI=1S/C30H36ClN3O4S/c1-5-23(4)32-30(36)27(6-2)33(20-24-13-8-7-9-14-24)29(35)21-34(28-15-11-10-12-22(28)3)39(37,38)26-18-16-25(31)17-19-26/h7-19,23,27H,5-6,20-21H2,1-4H3,(H,32,36)/t23-,27-/m1/s1. The van der Waals surface area contributed by atoms with Gasteiger partial charge in [-0.25, -0.2) is 8.42 Å². The van der Waals surface area contributed by atoms with Crippen molar-refractivity contribution < 1.29 is 18.0 Å². The lowest BCUT2D eigenvalue weighted by atomic mass is 10.1. The predicted molar refractivity (Wildman–Crippen MR) is 156 cm³/mol. The Hall–Kier alpha value is -3.36. The zero-order valence-electron chi connectivity index (χ0n) is 22.8. The molecule has 3 aromatic carbocycles. The first-order valence-electron chi connectivity index (χ1n) is 13.1. The lowest BCUT2D eigenvalue weighted by molar-refractivity contribution is -0.140. The van der Waals surface area contributed by atoms with Gasteiger partial charge in [-0.15, -0.1) is 0 Å². The van der Waals surface area contributed by atoms with Gasteiger partial charge in [0.1, 0.15) is 12.6 Å². The van der Waals surface area contributed by atoms with Gasteiger partial charge >= 0.3 is 0 Å². The number of sulfonamides is 1. The van der Waals surface area contributed by atoms with Gasteiger partial charge in [0.25, 0.3) is 10.0 Å². The van der Waals surface area contributed by atoms with Crippen molar-refractivity contribution in [2.24, 2.45) is 0 Å². The SMILES string of the molecule is CC[C@@H](C)NC(=O)[C@@H](CC)N(Cc1ccccc1)C(=O)CN(c1ccccc1C)S(=O)(=O)c1ccc(Cl)cc1. The Balaban J connectivity index is 2.05. The summed E-state index contributed by atoms with van der Waals surface area (Å²) in [6.07, 6.45) is 1.12. The van der Waals surface area contributed by atoms with Gasteiger partial charge in [0, 0.05) is 17.6 Å². The fourth-order valence-corrected chi connectivity index (χ4v) is 5.84. The van der Waals surface area contributed by atoms with Crippen LogP contribution in [0.15, 0.2) is 83.8 Å². The summed E-state index contributed by atoms with van der Waals surface area (Å²) in [6, 6.07) is 21.4. The maximum absolute atomic E-state index is 14.1. The fourth-order valence-electron chi connectivity index (χ4n) is 4.23.